The summed E-state index contributed by atoms with van der Waals surface area (Å²) in [7, 11) is 0. The molecule has 27 heavy (non-hydrogen) atoms. The molecule has 0 spiro atoms. The van der Waals surface area contributed by atoms with Gasteiger partial charge in [0.25, 0.3) is 0 Å². The number of nitrogens with zero attached hydrogens (tertiary/aromatic N) is 2. The number of hydrogen-bond donors (Lipinski definition) is 0. The highest BCUT2D eigenvalue weighted by Crippen LogP contribution is 2.43. The molecule has 2 aromatic rings. The maximum atomic E-state index is 12.3. The minimum Gasteiger partial charge on any atom is -0.465 e. The maximum Gasteiger partial charge on any atom is 0.327 e. The Morgan fingerprint density at radius 1 is 1.37 bits per heavy atom. The molecule has 1 atom stereocenters. The van der Waals surface area contributed by atoms with Crippen molar-refractivity contribution in [2.45, 2.75) is 61.8 Å². The first-order valence-corrected chi connectivity index (χ1v) is 11.5. The summed E-state index contributed by atoms with van der Waals surface area (Å²) in [6.07, 6.45) is 2.64. The van der Waals surface area contributed by atoms with Crippen LogP contribution in [0.2, 0.25) is 0 Å². The summed E-state index contributed by atoms with van der Waals surface area (Å²) in [4.78, 5) is 35.7. The fraction of sp³-hybridized carbons (Fsp3) is 0.556. The molecule has 0 saturated carbocycles. The monoisotopic (exact) mass is 426 g/mol. The standard InChI is InChI=1S/C18H22N2O4S3/c1-6-23-16(22)13(9(2)21)27-15-12-10-7-18(3,4)24-8-11(10)26-14(12)19-17(20-15)25-5/h13H,6-8H2,1-5H3/t13-/m1/s1. The molecule has 1 aliphatic rings. The number of ether oxygens (including phenoxy) is 2. The molecule has 0 saturated heterocycles. The van der Waals surface area contributed by atoms with Gasteiger partial charge in [0.2, 0.25) is 0 Å². The van der Waals surface area contributed by atoms with Crippen molar-refractivity contribution >= 4 is 56.8 Å². The maximum absolute atomic E-state index is 12.3. The van der Waals surface area contributed by atoms with Gasteiger partial charge in [-0.1, -0.05) is 23.5 Å². The molecule has 0 aliphatic carbocycles. The van der Waals surface area contributed by atoms with Gasteiger partial charge in [0, 0.05) is 16.7 Å². The molecule has 0 radical (unpaired) electrons. The first kappa shape index (κ1) is 20.6. The Kier molecular flexibility index (Phi) is 6.14. The number of thiophene rings is 1. The van der Waals surface area contributed by atoms with Crippen LogP contribution in [0.15, 0.2) is 10.2 Å². The van der Waals surface area contributed by atoms with E-state index in [0.717, 1.165) is 38.8 Å². The average molecular weight is 427 g/mol. The summed E-state index contributed by atoms with van der Waals surface area (Å²) in [5.74, 6) is -0.774. The van der Waals surface area contributed by atoms with Gasteiger partial charge in [-0.15, -0.1) is 11.3 Å². The van der Waals surface area contributed by atoms with Crippen LogP contribution >= 0.6 is 34.9 Å². The van der Waals surface area contributed by atoms with Crippen LogP contribution in [-0.4, -0.2) is 45.4 Å². The molecule has 3 rings (SSSR count). The molecule has 0 bridgehead atoms. The van der Waals surface area contributed by atoms with E-state index in [4.69, 9.17) is 9.47 Å². The quantitative estimate of drug-likeness (QED) is 0.226. The van der Waals surface area contributed by atoms with Gasteiger partial charge in [0.1, 0.15) is 9.86 Å². The summed E-state index contributed by atoms with van der Waals surface area (Å²) in [6.45, 7) is 8.02. The number of carbonyl (C=O) groups excluding carboxylic acids is 2. The van der Waals surface area contributed by atoms with Gasteiger partial charge in [-0.2, -0.15) is 0 Å². The van der Waals surface area contributed by atoms with E-state index in [1.165, 1.54) is 18.7 Å². The molecule has 146 valence electrons. The zero-order valence-electron chi connectivity index (χ0n) is 16.0. The first-order valence-electron chi connectivity index (χ1n) is 8.59. The van der Waals surface area contributed by atoms with Crippen molar-refractivity contribution in [1.82, 2.24) is 9.97 Å². The molecule has 6 nitrogen and oxygen atoms in total. The Labute approximate surface area is 170 Å². The van der Waals surface area contributed by atoms with Crippen LogP contribution in [0.25, 0.3) is 10.2 Å². The lowest BCUT2D eigenvalue weighted by atomic mass is 9.95. The molecular weight excluding hydrogens is 404 g/mol. The van der Waals surface area contributed by atoms with E-state index in [1.807, 2.05) is 6.26 Å². The lowest BCUT2D eigenvalue weighted by Gasteiger charge is -2.30. The third kappa shape index (κ3) is 4.31. The minimum absolute atomic E-state index is 0.234. The Morgan fingerprint density at radius 3 is 2.74 bits per heavy atom. The highest BCUT2D eigenvalue weighted by molar-refractivity contribution is 8.01. The zero-order chi connectivity index (χ0) is 19.8. The summed E-state index contributed by atoms with van der Waals surface area (Å²) >= 11 is 4.19. The van der Waals surface area contributed by atoms with Crippen molar-refractivity contribution in [2.75, 3.05) is 12.9 Å². The molecule has 9 heteroatoms. The third-order valence-electron chi connectivity index (χ3n) is 4.16. The normalized spacial score (nSPS) is 16.8. The van der Waals surface area contributed by atoms with E-state index in [9.17, 15) is 9.59 Å². The van der Waals surface area contributed by atoms with Crippen LogP contribution in [0.5, 0.6) is 0 Å². The largest absolute Gasteiger partial charge is 0.465 e. The van der Waals surface area contributed by atoms with Gasteiger partial charge < -0.3 is 9.47 Å². The minimum atomic E-state index is -0.929. The number of ketones is 1. The molecule has 3 heterocycles. The van der Waals surface area contributed by atoms with E-state index in [-0.39, 0.29) is 18.0 Å². The average Bonchev–Trinajstić information content (AvgIpc) is 2.95. The van der Waals surface area contributed by atoms with E-state index in [2.05, 4.69) is 23.8 Å². The predicted octanol–water partition coefficient (Wildman–Crippen LogP) is 3.88. The second-order valence-electron chi connectivity index (χ2n) is 6.79. The molecule has 0 amide bonds. The van der Waals surface area contributed by atoms with E-state index < -0.39 is 11.2 Å². The summed E-state index contributed by atoms with van der Waals surface area (Å²) in [5.41, 5.74) is 0.884. The molecular formula is C18H22N2O4S3. The number of carbonyl (C=O) groups is 2. The Morgan fingerprint density at radius 2 is 2.11 bits per heavy atom. The number of fused-ring (bicyclic) bond motifs is 3. The number of thioether (sulfide) groups is 2. The fourth-order valence-electron chi connectivity index (χ4n) is 2.90. The molecule has 0 unspecified atom stereocenters. The van der Waals surface area contributed by atoms with Crippen molar-refractivity contribution in [1.29, 1.82) is 0 Å². The molecule has 2 aromatic heterocycles. The summed E-state index contributed by atoms with van der Waals surface area (Å²) in [6, 6.07) is 0. The van der Waals surface area contributed by atoms with Crippen LogP contribution in [0, 0.1) is 0 Å². The van der Waals surface area contributed by atoms with E-state index in [0.29, 0.717) is 16.8 Å². The molecule has 0 N–H and O–H groups in total. The van der Waals surface area contributed by atoms with Crippen LogP contribution in [-0.2, 0) is 32.1 Å². The number of aromatic nitrogens is 2. The number of Topliss-reactive ketones (excluding diaryl/α,β-unsaturated/α-hetero) is 1. The SMILES string of the molecule is CCOC(=O)[C@H](Sc1nc(SC)nc2sc3c(c12)CC(C)(C)OC3)C(C)=O. The molecule has 0 aromatic carbocycles. The number of esters is 1. The number of hydrogen-bond acceptors (Lipinski definition) is 9. The summed E-state index contributed by atoms with van der Waals surface area (Å²) in [5, 5.41) is 1.29. The van der Waals surface area contributed by atoms with Crippen molar-refractivity contribution < 1.29 is 19.1 Å². The van der Waals surface area contributed by atoms with Crippen LogP contribution in [0.1, 0.15) is 38.1 Å². The smallest absolute Gasteiger partial charge is 0.327 e. The van der Waals surface area contributed by atoms with Gasteiger partial charge in [-0.05, 0) is 39.5 Å². The fourth-order valence-corrected chi connectivity index (χ4v) is 5.57. The Bertz CT molecular complexity index is 894. The Balaban J connectivity index is 2.11. The third-order valence-corrected chi connectivity index (χ3v) is 7.08. The topological polar surface area (TPSA) is 78.4 Å². The lowest BCUT2D eigenvalue weighted by Crippen LogP contribution is -2.31. The van der Waals surface area contributed by atoms with Crippen molar-refractivity contribution in [3.63, 3.8) is 0 Å². The Hall–Kier alpha value is -1.16. The van der Waals surface area contributed by atoms with Crippen molar-refractivity contribution in [3.8, 4) is 0 Å². The van der Waals surface area contributed by atoms with Crippen LogP contribution in [0.4, 0.5) is 0 Å². The second-order valence-corrected chi connectivity index (χ2v) is 9.74. The van der Waals surface area contributed by atoms with E-state index >= 15 is 0 Å². The van der Waals surface area contributed by atoms with Crippen LogP contribution in [0.3, 0.4) is 0 Å². The summed E-state index contributed by atoms with van der Waals surface area (Å²) < 4.78 is 11.0. The van der Waals surface area contributed by atoms with Crippen LogP contribution < -0.4 is 0 Å². The first-order chi connectivity index (χ1) is 12.8. The van der Waals surface area contributed by atoms with Gasteiger partial charge in [0.05, 0.1) is 18.8 Å². The van der Waals surface area contributed by atoms with Crippen molar-refractivity contribution in [2.24, 2.45) is 0 Å². The van der Waals surface area contributed by atoms with Crippen molar-refractivity contribution in [3.05, 3.63) is 10.4 Å². The highest BCUT2D eigenvalue weighted by atomic mass is 32.2. The zero-order valence-corrected chi connectivity index (χ0v) is 18.4. The predicted molar refractivity (Wildman–Crippen MR) is 109 cm³/mol. The van der Waals surface area contributed by atoms with Gasteiger partial charge in [0.15, 0.2) is 16.2 Å². The van der Waals surface area contributed by atoms with E-state index in [1.54, 1.807) is 18.3 Å². The van der Waals surface area contributed by atoms with Gasteiger partial charge in [-0.3, -0.25) is 9.59 Å². The van der Waals surface area contributed by atoms with Gasteiger partial charge >= 0.3 is 5.97 Å². The highest BCUT2D eigenvalue weighted by Gasteiger charge is 2.33. The molecule has 0 fully saturated rings. The molecule has 1 aliphatic heterocycles. The second kappa shape index (κ2) is 8.06. The number of rotatable bonds is 6. The lowest BCUT2D eigenvalue weighted by molar-refractivity contribution is -0.144. The van der Waals surface area contributed by atoms with Gasteiger partial charge in [-0.25, -0.2) is 9.97 Å².